The molecule has 1 aliphatic rings. The maximum atomic E-state index is 13.2. The number of amides is 2. The van der Waals surface area contributed by atoms with Gasteiger partial charge in [0.15, 0.2) is 0 Å². The van der Waals surface area contributed by atoms with E-state index in [0.717, 1.165) is 5.56 Å². The van der Waals surface area contributed by atoms with E-state index in [-0.39, 0.29) is 17.9 Å². The van der Waals surface area contributed by atoms with E-state index in [4.69, 9.17) is 0 Å². The van der Waals surface area contributed by atoms with Crippen LogP contribution in [0.4, 0.5) is 4.39 Å². The van der Waals surface area contributed by atoms with Gasteiger partial charge in [-0.05, 0) is 30.5 Å². The van der Waals surface area contributed by atoms with Gasteiger partial charge in [-0.15, -0.1) is 0 Å². The zero-order chi connectivity index (χ0) is 11.0. The van der Waals surface area contributed by atoms with E-state index in [0.29, 0.717) is 12.0 Å². The summed E-state index contributed by atoms with van der Waals surface area (Å²) < 4.78 is 13.2. The maximum Gasteiger partial charge on any atom is 0.258 e. The van der Waals surface area contributed by atoms with Crippen molar-refractivity contribution in [2.24, 2.45) is 0 Å². The fraction of sp³-hybridized carbons (Fsp3) is 0.273. The predicted octanol–water partition coefficient (Wildman–Crippen LogP) is 1.34. The summed E-state index contributed by atoms with van der Waals surface area (Å²) in [6, 6.07) is 2.82. The van der Waals surface area contributed by atoms with Crippen molar-refractivity contribution < 1.29 is 14.0 Å². The normalized spacial score (nSPS) is 15.6. The molecule has 1 heterocycles. The lowest BCUT2D eigenvalue weighted by Gasteiger charge is -2.05. The van der Waals surface area contributed by atoms with Crippen molar-refractivity contribution in [3.05, 3.63) is 34.6 Å². The Balaban J connectivity index is 2.54. The van der Waals surface area contributed by atoms with Crippen LogP contribution in [0.2, 0.25) is 0 Å². The number of rotatable bonds is 0. The number of aryl methyl sites for hydroxylation is 2. The minimum atomic E-state index is -0.508. The number of halogens is 1. The molecule has 0 saturated heterocycles. The summed E-state index contributed by atoms with van der Waals surface area (Å²) in [4.78, 5) is 22.6. The molecule has 2 rings (SSSR count). The Labute approximate surface area is 86.3 Å². The highest BCUT2D eigenvalue weighted by Gasteiger charge is 2.20. The first-order valence-electron chi connectivity index (χ1n) is 4.71. The minimum absolute atomic E-state index is 0.268. The van der Waals surface area contributed by atoms with Gasteiger partial charge in [-0.25, -0.2) is 4.39 Å². The monoisotopic (exact) mass is 207 g/mol. The smallest absolute Gasteiger partial charge is 0.258 e. The van der Waals surface area contributed by atoms with Gasteiger partial charge in [0.2, 0.25) is 5.91 Å². The second-order valence-corrected chi connectivity index (χ2v) is 3.64. The summed E-state index contributed by atoms with van der Waals surface area (Å²) in [6.45, 7) is 1.64. The molecular weight excluding hydrogens is 197 g/mol. The van der Waals surface area contributed by atoms with Gasteiger partial charge in [0.25, 0.3) is 5.91 Å². The maximum absolute atomic E-state index is 13.2. The fourth-order valence-corrected chi connectivity index (χ4v) is 1.66. The fourth-order valence-electron chi connectivity index (χ4n) is 1.66. The molecule has 1 aromatic rings. The molecule has 1 aromatic carbocycles. The summed E-state index contributed by atoms with van der Waals surface area (Å²) >= 11 is 0. The molecule has 78 valence electrons. The van der Waals surface area contributed by atoms with Gasteiger partial charge in [0, 0.05) is 12.0 Å². The van der Waals surface area contributed by atoms with Crippen molar-refractivity contribution in [1.29, 1.82) is 0 Å². The quantitative estimate of drug-likeness (QED) is 0.652. The summed E-state index contributed by atoms with van der Waals surface area (Å²) in [5.74, 6) is -1.24. The van der Waals surface area contributed by atoms with Crippen LogP contribution >= 0.6 is 0 Å². The van der Waals surface area contributed by atoms with Gasteiger partial charge in [-0.1, -0.05) is 6.07 Å². The van der Waals surface area contributed by atoms with Crippen LogP contribution in [0, 0.1) is 12.7 Å². The number of carbonyl (C=O) groups is 2. The molecule has 1 N–H and O–H groups in total. The highest BCUT2D eigenvalue weighted by Crippen LogP contribution is 2.19. The second kappa shape index (κ2) is 3.46. The lowest BCUT2D eigenvalue weighted by molar-refractivity contribution is -0.119. The van der Waals surface area contributed by atoms with Crippen LogP contribution in [-0.2, 0) is 11.2 Å². The molecule has 0 aromatic heterocycles. The number of nitrogens with one attached hydrogen (secondary N) is 1. The highest BCUT2D eigenvalue weighted by molar-refractivity contribution is 6.06. The van der Waals surface area contributed by atoms with Crippen LogP contribution in [0.1, 0.15) is 27.9 Å². The zero-order valence-electron chi connectivity index (χ0n) is 8.26. The number of fused-ring (bicyclic) bond motifs is 1. The van der Waals surface area contributed by atoms with Crippen LogP contribution in [0.15, 0.2) is 12.1 Å². The molecule has 4 heteroatoms. The minimum Gasteiger partial charge on any atom is -0.292 e. The number of imide groups is 1. The number of hydrogen-bond donors (Lipinski definition) is 1. The average molecular weight is 207 g/mol. The van der Waals surface area contributed by atoms with Crippen LogP contribution in [-0.4, -0.2) is 11.8 Å². The number of benzene rings is 1. The standard InChI is InChI=1S/C11H10FNO2/c1-6-4-7-2-3-10(14)13-11(15)8(7)5-9(6)12/h4-5H,2-3H2,1H3,(H,13,14,15). The van der Waals surface area contributed by atoms with E-state index in [2.05, 4.69) is 5.32 Å². The molecule has 0 bridgehead atoms. The van der Waals surface area contributed by atoms with E-state index in [1.54, 1.807) is 13.0 Å². The van der Waals surface area contributed by atoms with E-state index in [9.17, 15) is 14.0 Å². The van der Waals surface area contributed by atoms with Gasteiger partial charge < -0.3 is 0 Å². The topological polar surface area (TPSA) is 46.2 Å². The van der Waals surface area contributed by atoms with E-state index < -0.39 is 11.7 Å². The Morgan fingerprint density at radius 3 is 2.73 bits per heavy atom. The second-order valence-electron chi connectivity index (χ2n) is 3.64. The van der Waals surface area contributed by atoms with E-state index >= 15 is 0 Å². The molecule has 0 radical (unpaired) electrons. The largest absolute Gasteiger partial charge is 0.292 e. The van der Waals surface area contributed by atoms with Gasteiger partial charge in [0.1, 0.15) is 5.82 Å². The van der Waals surface area contributed by atoms with Crippen molar-refractivity contribution >= 4 is 11.8 Å². The SMILES string of the molecule is Cc1cc2c(cc1F)C(=O)NC(=O)CC2. The summed E-state index contributed by atoms with van der Waals surface area (Å²) in [7, 11) is 0. The number of carbonyl (C=O) groups excluding carboxylic acids is 2. The molecular formula is C11H10FNO2. The van der Waals surface area contributed by atoms with Gasteiger partial charge in [-0.2, -0.15) is 0 Å². The molecule has 0 atom stereocenters. The first-order valence-corrected chi connectivity index (χ1v) is 4.71. The van der Waals surface area contributed by atoms with Crippen molar-refractivity contribution in [2.75, 3.05) is 0 Å². The van der Waals surface area contributed by atoms with E-state index in [1.807, 2.05) is 0 Å². The third-order valence-corrected chi connectivity index (χ3v) is 2.50. The van der Waals surface area contributed by atoms with Crippen LogP contribution in [0.5, 0.6) is 0 Å². The summed E-state index contributed by atoms with van der Waals surface area (Å²) in [5.41, 5.74) is 1.50. The van der Waals surface area contributed by atoms with Crippen molar-refractivity contribution in [3.63, 3.8) is 0 Å². The Hall–Kier alpha value is -1.71. The Kier molecular flexibility index (Phi) is 2.26. The molecule has 0 fully saturated rings. The first-order chi connectivity index (χ1) is 7.08. The Morgan fingerprint density at radius 2 is 2.00 bits per heavy atom. The molecule has 1 aliphatic heterocycles. The lowest BCUT2D eigenvalue weighted by Crippen LogP contribution is -2.28. The van der Waals surface area contributed by atoms with Crippen molar-refractivity contribution in [1.82, 2.24) is 5.32 Å². The summed E-state index contributed by atoms with van der Waals surface area (Å²) in [6.07, 6.45) is 0.748. The van der Waals surface area contributed by atoms with Crippen LogP contribution in [0.3, 0.4) is 0 Å². The van der Waals surface area contributed by atoms with Crippen LogP contribution < -0.4 is 5.32 Å². The molecule has 0 unspecified atom stereocenters. The number of hydrogen-bond acceptors (Lipinski definition) is 2. The molecule has 0 saturated carbocycles. The molecule has 15 heavy (non-hydrogen) atoms. The molecule has 3 nitrogen and oxygen atoms in total. The van der Waals surface area contributed by atoms with Crippen molar-refractivity contribution in [3.8, 4) is 0 Å². The Morgan fingerprint density at radius 1 is 1.27 bits per heavy atom. The third kappa shape index (κ3) is 1.75. The van der Waals surface area contributed by atoms with Gasteiger partial charge in [0.05, 0.1) is 0 Å². The first kappa shape index (κ1) is 9.83. The highest BCUT2D eigenvalue weighted by atomic mass is 19.1. The molecule has 2 amide bonds. The van der Waals surface area contributed by atoms with Crippen LogP contribution in [0.25, 0.3) is 0 Å². The summed E-state index contributed by atoms with van der Waals surface area (Å²) in [5, 5.41) is 2.20. The van der Waals surface area contributed by atoms with Crippen molar-refractivity contribution in [2.45, 2.75) is 19.8 Å². The van der Waals surface area contributed by atoms with E-state index in [1.165, 1.54) is 6.07 Å². The Bertz CT molecular complexity index is 454. The molecule has 0 spiro atoms. The predicted molar refractivity (Wildman–Crippen MR) is 51.9 cm³/mol. The molecule has 0 aliphatic carbocycles. The lowest BCUT2D eigenvalue weighted by atomic mass is 10.0. The van der Waals surface area contributed by atoms with Gasteiger partial charge >= 0.3 is 0 Å². The third-order valence-electron chi connectivity index (χ3n) is 2.50. The average Bonchev–Trinajstić information content (AvgIpc) is 2.30. The zero-order valence-corrected chi connectivity index (χ0v) is 8.26. The van der Waals surface area contributed by atoms with Gasteiger partial charge in [-0.3, -0.25) is 14.9 Å².